The largest absolute Gasteiger partial charge is 0.480 e. The summed E-state index contributed by atoms with van der Waals surface area (Å²) in [6, 6.07) is -1.13. The SMILES string of the molecule is O=C(NCC1CCCOC1)NC(C(=O)O)C1CC1. The smallest absolute Gasteiger partial charge is 0.326 e. The second-order valence-corrected chi connectivity index (χ2v) is 5.09. The summed E-state index contributed by atoms with van der Waals surface area (Å²) in [6.07, 6.45) is 3.83. The molecule has 1 saturated heterocycles. The molecular weight excluding hydrogens is 236 g/mol. The molecule has 0 aromatic heterocycles. The van der Waals surface area contributed by atoms with Crippen LogP contribution in [0.2, 0.25) is 0 Å². The van der Waals surface area contributed by atoms with Gasteiger partial charge in [0.05, 0.1) is 6.61 Å². The fraction of sp³-hybridized carbons (Fsp3) is 0.833. The quantitative estimate of drug-likeness (QED) is 0.671. The highest BCUT2D eigenvalue weighted by atomic mass is 16.5. The average Bonchev–Trinajstić information content (AvgIpc) is 3.18. The third kappa shape index (κ3) is 3.87. The zero-order valence-corrected chi connectivity index (χ0v) is 10.4. The van der Waals surface area contributed by atoms with Crippen LogP contribution in [0.4, 0.5) is 4.79 Å². The summed E-state index contributed by atoms with van der Waals surface area (Å²) in [5.74, 6) is -0.506. The van der Waals surface area contributed by atoms with Crippen LogP contribution in [-0.2, 0) is 9.53 Å². The summed E-state index contributed by atoms with van der Waals surface area (Å²) in [5, 5.41) is 14.2. The van der Waals surface area contributed by atoms with Gasteiger partial charge in [0.1, 0.15) is 6.04 Å². The molecule has 2 atom stereocenters. The van der Waals surface area contributed by atoms with Crippen molar-refractivity contribution in [2.45, 2.75) is 31.7 Å². The molecule has 2 amide bonds. The van der Waals surface area contributed by atoms with Crippen LogP contribution >= 0.6 is 0 Å². The number of rotatable bonds is 5. The normalized spacial score (nSPS) is 25.2. The van der Waals surface area contributed by atoms with Crippen LogP contribution in [0.1, 0.15) is 25.7 Å². The third-order valence-electron chi connectivity index (χ3n) is 3.45. The summed E-state index contributed by atoms with van der Waals surface area (Å²) in [4.78, 5) is 22.6. The molecule has 0 aromatic carbocycles. The standard InChI is InChI=1S/C12H20N2O4/c15-11(16)10(9-3-4-9)14-12(17)13-6-8-2-1-5-18-7-8/h8-10H,1-7H2,(H,15,16)(H2,13,14,17). The lowest BCUT2D eigenvalue weighted by atomic mass is 10.0. The fourth-order valence-corrected chi connectivity index (χ4v) is 2.21. The van der Waals surface area contributed by atoms with Gasteiger partial charge in [-0.3, -0.25) is 0 Å². The number of hydrogen-bond donors (Lipinski definition) is 3. The van der Waals surface area contributed by atoms with Crippen molar-refractivity contribution in [1.82, 2.24) is 10.6 Å². The Labute approximate surface area is 106 Å². The molecule has 1 heterocycles. The maximum absolute atomic E-state index is 11.6. The summed E-state index contributed by atoms with van der Waals surface area (Å²) >= 11 is 0. The number of hydrogen-bond acceptors (Lipinski definition) is 3. The number of amides is 2. The van der Waals surface area contributed by atoms with Gasteiger partial charge in [0.25, 0.3) is 0 Å². The van der Waals surface area contributed by atoms with E-state index in [4.69, 9.17) is 9.84 Å². The Hall–Kier alpha value is -1.30. The molecule has 2 unspecified atom stereocenters. The first-order valence-corrected chi connectivity index (χ1v) is 6.51. The van der Waals surface area contributed by atoms with Crippen LogP contribution in [0.3, 0.4) is 0 Å². The van der Waals surface area contributed by atoms with E-state index in [9.17, 15) is 9.59 Å². The lowest BCUT2D eigenvalue weighted by molar-refractivity contribution is -0.139. The second-order valence-electron chi connectivity index (χ2n) is 5.09. The molecule has 2 fully saturated rings. The van der Waals surface area contributed by atoms with Gasteiger partial charge in [-0.2, -0.15) is 0 Å². The first-order valence-electron chi connectivity index (χ1n) is 6.51. The van der Waals surface area contributed by atoms with Crippen molar-refractivity contribution < 1.29 is 19.4 Å². The lowest BCUT2D eigenvalue weighted by Gasteiger charge is -2.22. The molecular formula is C12H20N2O4. The molecule has 6 nitrogen and oxygen atoms in total. The van der Waals surface area contributed by atoms with E-state index < -0.39 is 12.0 Å². The van der Waals surface area contributed by atoms with Crippen molar-refractivity contribution >= 4 is 12.0 Å². The highest BCUT2D eigenvalue weighted by Crippen LogP contribution is 2.32. The number of urea groups is 1. The molecule has 1 aliphatic carbocycles. The van der Waals surface area contributed by atoms with Gasteiger partial charge in [-0.15, -0.1) is 0 Å². The zero-order valence-electron chi connectivity index (χ0n) is 10.4. The molecule has 6 heteroatoms. The predicted molar refractivity (Wildman–Crippen MR) is 64.2 cm³/mol. The van der Waals surface area contributed by atoms with E-state index in [1.54, 1.807) is 0 Å². The van der Waals surface area contributed by atoms with Crippen LogP contribution in [-0.4, -0.2) is 42.9 Å². The summed E-state index contributed by atoms with van der Waals surface area (Å²) in [7, 11) is 0. The molecule has 0 aromatic rings. The number of ether oxygens (including phenoxy) is 1. The van der Waals surface area contributed by atoms with Gasteiger partial charge >= 0.3 is 12.0 Å². The number of carboxylic acid groups (broad SMARTS) is 1. The molecule has 0 radical (unpaired) electrons. The third-order valence-corrected chi connectivity index (χ3v) is 3.45. The minimum Gasteiger partial charge on any atom is -0.480 e. The Bertz CT molecular complexity index is 311. The Morgan fingerprint density at radius 2 is 2.11 bits per heavy atom. The van der Waals surface area contributed by atoms with E-state index in [0.29, 0.717) is 19.1 Å². The average molecular weight is 256 g/mol. The van der Waals surface area contributed by atoms with Gasteiger partial charge < -0.3 is 20.5 Å². The molecule has 0 spiro atoms. The summed E-state index contributed by atoms with van der Waals surface area (Å²) in [5.41, 5.74) is 0. The molecule has 2 aliphatic rings. The van der Waals surface area contributed by atoms with E-state index in [2.05, 4.69) is 10.6 Å². The second kappa shape index (κ2) is 6.04. The van der Waals surface area contributed by atoms with Crippen molar-refractivity contribution in [3.05, 3.63) is 0 Å². The van der Waals surface area contributed by atoms with Crippen LogP contribution in [0, 0.1) is 11.8 Å². The first kappa shape index (κ1) is 13.1. The zero-order chi connectivity index (χ0) is 13.0. The summed E-state index contributed by atoms with van der Waals surface area (Å²) in [6.45, 7) is 2.01. The maximum atomic E-state index is 11.6. The van der Waals surface area contributed by atoms with Gasteiger partial charge in [-0.1, -0.05) is 0 Å². The highest BCUT2D eigenvalue weighted by Gasteiger charge is 2.37. The molecule has 3 N–H and O–H groups in total. The Balaban J connectivity index is 1.68. The molecule has 18 heavy (non-hydrogen) atoms. The van der Waals surface area contributed by atoms with E-state index in [1.807, 2.05) is 0 Å². The molecule has 1 aliphatic heterocycles. The van der Waals surface area contributed by atoms with E-state index >= 15 is 0 Å². The Morgan fingerprint density at radius 3 is 2.67 bits per heavy atom. The molecule has 1 saturated carbocycles. The predicted octanol–water partition coefficient (Wildman–Crippen LogP) is 0.575. The van der Waals surface area contributed by atoms with E-state index in [0.717, 1.165) is 32.3 Å². The number of carboxylic acids is 1. The number of aliphatic carboxylic acids is 1. The monoisotopic (exact) mass is 256 g/mol. The van der Waals surface area contributed by atoms with Gasteiger partial charge in [-0.25, -0.2) is 9.59 Å². The highest BCUT2D eigenvalue weighted by molar-refractivity contribution is 5.83. The van der Waals surface area contributed by atoms with Gasteiger partial charge in [0.15, 0.2) is 0 Å². The Kier molecular flexibility index (Phi) is 4.41. The minimum absolute atomic E-state index is 0.103. The molecule has 2 rings (SSSR count). The topological polar surface area (TPSA) is 87.7 Å². The van der Waals surface area contributed by atoms with E-state index in [1.165, 1.54) is 0 Å². The Morgan fingerprint density at radius 1 is 1.33 bits per heavy atom. The van der Waals surface area contributed by atoms with Crippen LogP contribution in [0.25, 0.3) is 0 Å². The minimum atomic E-state index is -0.950. The van der Waals surface area contributed by atoms with Crippen molar-refractivity contribution in [2.75, 3.05) is 19.8 Å². The molecule has 102 valence electrons. The molecule has 0 bridgehead atoms. The number of nitrogens with one attached hydrogen (secondary N) is 2. The maximum Gasteiger partial charge on any atom is 0.326 e. The van der Waals surface area contributed by atoms with Crippen LogP contribution in [0.5, 0.6) is 0 Å². The van der Waals surface area contributed by atoms with Crippen molar-refractivity contribution in [3.8, 4) is 0 Å². The number of carbonyl (C=O) groups is 2. The lowest BCUT2D eigenvalue weighted by Crippen LogP contribution is -2.48. The van der Waals surface area contributed by atoms with Crippen molar-refractivity contribution in [2.24, 2.45) is 11.8 Å². The van der Waals surface area contributed by atoms with Gasteiger partial charge in [-0.05, 0) is 37.5 Å². The van der Waals surface area contributed by atoms with Gasteiger partial charge in [0.2, 0.25) is 0 Å². The van der Waals surface area contributed by atoms with Crippen molar-refractivity contribution in [3.63, 3.8) is 0 Å². The fourth-order valence-electron chi connectivity index (χ4n) is 2.21. The van der Waals surface area contributed by atoms with E-state index in [-0.39, 0.29) is 11.9 Å². The van der Waals surface area contributed by atoms with Crippen LogP contribution in [0.15, 0.2) is 0 Å². The summed E-state index contributed by atoms with van der Waals surface area (Å²) < 4.78 is 5.32. The number of carbonyl (C=O) groups excluding carboxylic acids is 1. The van der Waals surface area contributed by atoms with Crippen LogP contribution < -0.4 is 10.6 Å². The van der Waals surface area contributed by atoms with Crippen molar-refractivity contribution in [1.29, 1.82) is 0 Å². The first-order chi connectivity index (χ1) is 8.66. The van der Waals surface area contributed by atoms with Gasteiger partial charge in [0, 0.05) is 13.2 Å².